The molecule has 8 heteroatoms. The highest BCUT2D eigenvalue weighted by Crippen LogP contribution is 2.23. The normalized spacial score (nSPS) is 19.1. The summed E-state index contributed by atoms with van der Waals surface area (Å²) in [6, 6.07) is 6.21. The van der Waals surface area contributed by atoms with Crippen molar-refractivity contribution in [2.24, 2.45) is 0 Å². The molecule has 24 heavy (non-hydrogen) atoms. The molecule has 0 aromatic heterocycles. The summed E-state index contributed by atoms with van der Waals surface area (Å²) in [6.07, 6.45) is -1.32. The van der Waals surface area contributed by atoms with Gasteiger partial charge in [0.2, 0.25) is 0 Å². The molecule has 1 fully saturated rings. The van der Waals surface area contributed by atoms with Crippen LogP contribution in [0.4, 0.5) is 5.69 Å². The largest absolute Gasteiger partial charge is 0.419 e. The molecule has 1 heterocycles. The zero-order valence-corrected chi connectivity index (χ0v) is 13.2. The van der Waals surface area contributed by atoms with Gasteiger partial charge in [0.05, 0.1) is 6.61 Å². The molecule has 1 aliphatic heterocycles. The maximum Gasteiger partial charge on any atom is 0.350 e. The van der Waals surface area contributed by atoms with E-state index < -0.39 is 36.5 Å². The number of nitrogens with one attached hydrogen (secondary N) is 1. The molecule has 2 atom stereocenters. The number of carbonyl (C=O) groups excluding carboxylic acids is 2. The summed E-state index contributed by atoms with van der Waals surface area (Å²) in [5.41, 5.74) is 0.671. The van der Waals surface area contributed by atoms with Gasteiger partial charge in [-0.05, 0) is 17.7 Å². The molecule has 2 unspecified atom stereocenters. The van der Waals surface area contributed by atoms with Gasteiger partial charge in [-0.2, -0.15) is 0 Å². The van der Waals surface area contributed by atoms with Crippen LogP contribution in [0.3, 0.4) is 0 Å². The summed E-state index contributed by atoms with van der Waals surface area (Å²) in [5, 5.41) is 30.7. The number of hydrogen-bond donors (Lipinski definition) is 4. The van der Waals surface area contributed by atoms with E-state index in [0.29, 0.717) is 11.3 Å². The Hall–Kier alpha value is -2.42. The molecule has 0 radical (unpaired) electrons. The summed E-state index contributed by atoms with van der Waals surface area (Å²) >= 11 is 0. The van der Waals surface area contributed by atoms with E-state index in [9.17, 15) is 19.8 Å². The van der Waals surface area contributed by atoms with Crippen molar-refractivity contribution in [2.45, 2.75) is 31.8 Å². The van der Waals surface area contributed by atoms with Crippen molar-refractivity contribution in [3.63, 3.8) is 0 Å². The zero-order chi connectivity index (χ0) is 17.9. The Morgan fingerprint density at radius 1 is 1.12 bits per heavy atom. The Bertz CT molecular complexity index is 629. The van der Waals surface area contributed by atoms with Crippen LogP contribution >= 0.6 is 0 Å². The van der Waals surface area contributed by atoms with E-state index in [0.717, 1.165) is 0 Å². The van der Waals surface area contributed by atoms with E-state index in [2.05, 4.69) is 5.32 Å². The van der Waals surface area contributed by atoms with Crippen molar-refractivity contribution < 1.29 is 34.4 Å². The van der Waals surface area contributed by atoms with Gasteiger partial charge in [-0.3, -0.25) is 0 Å². The van der Waals surface area contributed by atoms with Gasteiger partial charge in [0.15, 0.2) is 5.57 Å². The van der Waals surface area contributed by atoms with Crippen LogP contribution in [0.25, 0.3) is 0 Å². The van der Waals surface area contributed by atoms with Crippen LogP contribution < -0.4 is 5.32 Å². The van der Waals surface area contributed by atoms with Gasteiger partial charge >= 0.3 is 11.9 Å². The van der Waals surface area contributed by atoms with E-state index in [1.54, 1.807) is 12.1 Å². The lowest BCUT2D eigenvalue weighted by Crippen LogP contribution is -2.42. The fraction of sp³-hybridized carbons (Fsp3) is 0.375. The molecule has 1 aromatic rings. The smallest absolute Gasteiger partial charge is 0.350 e. The van der Waals surface area contributed by atoms with Crippen LogP contribution in [-0.4, -0.2) is 45.8 Å². The van der Waals surface area contributed by atoms with Crippen LogP contribution in [0, 0.1) is 0 Å². The van der Waals surface area contributed by atoms with Crippen molar-refractivity contribution in [3.8, 4) is 0 Å². The minimum atomic E-state index is -1.29. The molecule has 0 aliphatic carbocycles. The fourth-order valence-corrected chi connectivity index (χ4v) is 2.03. The molecular weight excluding hydrogens is 318 g/mol. The van der Waals surface area contributed by atoms with Gasteiger partial charge in [0, 0.05) is 25.7 Å². The zero-order valence-electron chi connectivity index (χ0n) is 13.2. The summed E-state index contributed by atoms with van der Waals surface area (Å²) in [6.45, 7) is 2.35. The highest BCUT2D eigenvalue weighted by Gasteiger charge is 2.38. The number of esters is 2. The van der Waals surface area contributed by atoms with Crippen molar-refractivity contribution in [1.29, 1.82) is 0 Å². The Morgan fingerprint density at radius 2 is 1.67 bits per heavy atom. The second-order valence-electron chi connectivity index (χ2n) is 5.70. The van der Waals surface area contributed by atoms with Crippen molar-refractivity contribution in [1.82, 2.24) is 0 Å². The predicted molar refractivity (Wildman–Crippen MR) is 82.5 cm³/mol. The van der Waals surface area contributed by atoms with Crippen LogP contribution in [0.5, 0.6) is 0 Å². The first-order chi connectivity index (χ1) is 11.2. The highest BCUT2D eigenvalue weighted by atomic mass is 16.7. The van der Waals surface area contributed by atoms with E-state index in [1.165, 1.54) is 32.2 Å². The minimum absolute atomic E-state index is 0.269. The van der Waals surface area contributed by atoms with Gasteiger partial charge in [0.1, 0.15) is 12.2 Å². The van der Waals surface area contributed by atoms with Crippen molar-refractivity contribution >= 4 is 17.6 Å². The number of ether oxygens (including phenoxy) is 2. The average Bonchev–Trinajstić information content (AvgIpc) is 2.52. The first-order valence-corrected chi connectivity index (χ1v) is 7.24. The number of benzene rings is 1. The second kappa shape index (κ2) is 7.00. The van der Waals surface area contributed by atoms with Crippen molar-refractivity contribution in [3.05, 3.63) is 41.6 Å². The van der Waals surface area contributed by atoms with Crippen molar-refractivity contribution in [2.75, 3.05) is 11.9 Å². The first kappa shape index (κ1) is 17.9. The molecule has 0 amide bonds. The maximum absolute atomic E-state index is 11.8. The molecule has 8 nitrogen and oxygen atoms in total. The number of aliphatic hydroxyl groups excluding tert-OH is 3. The van der Waals surface area contributed by atoms with Crippen LogP contribution in [-0.2, 0) is 19.1 Å². The van der Waals surface area contributed by atoms with Gasteiger partial charge in [0.25, 0.3) is 5.79 Å². The van der Waals surface area contributed by atoms with E-state index in [1.807, 2.05) is 0 Å². The third kappa shape index (κ3) is 4.10. The van der Waals surface area contributed by atoms with Crippen LogP contribution in [0.15, 0.2) is 36.0 Å². The van der Waals surface area contributed by atoms with E-state index >= 15 is 0 Å². The highest BCUT2D eigenvalue weighted by molar-refractivity contribution is 6.15. The average molecular weight is 337 g/mol. The molecule has 2 rings (SSSR count). The molecule has 1 aromatic carbocycles. The molecule has 0 bridgehead atoms. The van der Waals surface area contributed by atoms with Gasteiger partial charge < -0.3 is 30.1 Å². The van der Waals surface area contributed by atoms with Gasteiger partial charge in [-0.15, -0.1) is 0 Å². The Kier molecular flexibility index (Phi) is 5.23. The monoisotopic (exact) mass is 337 g/mol. The molecule has 130 valence electrons. The standard InChI is InChI=1S/C16H19NO7/c1-16(2)23-14(21)11(15(22)24-16)7-17-10-5-3-9(4-6-10)13(20)12(19)8-18/h3-7,12-13,17-20H,8H2,1-2H3. The Balaban J connectivity index is 2.07. The third-order valence-electron chi connectivity index (χ3n) is 3.30. The Labute approximate surface area is 138 Å². The molecule has 4 N–H and O–H groups in total. The topological polar surface area (TPSA) is 125 Å². The molecular formula is C16H19NO7. The minimum Gasteiger partial charge on any atom is -0.419 e. The molecule has 1 aliphatic rings. The Morgan fingerprint density at radius 3 is 2.17 bits per heavy atom. The van der Waals surface area contributed by atoms with Crippen LogP contribution in [0.2, 0.25) is 0 Å². The summed E-state index contributed by atoms with van der Waals surface area (Å²) in [4.78, 5) is 23.6. The number of carbonyl (C=O) groups is 2. The predicted octanol–water partition coefficient (Wildman–Crippen LogP) is 0.205. The lowest BCUT2D eigenvalue weighted by molar-refractivity contribution is -0.222. The number of rotatable bonds is 5. The first-order valence-electron chi connectivity index (χ1n) is 7.24. The van der Waals surface area contributed by atoms with Gasteiger partial charge in [-0.25, -0.2) is 9.59 Å². The third-order valence-corrected chi connectivity index (χ3v) is 3.30. The number of cyclic esters (lactones) is 2. The maximum atomic E-state index is 11.8. The second-order valence-corrected chi connectivity index (χ2v) is 5.70. The number of anilines is 1. The van der Waals surface area contributed by atoms with E-state index in [-0.39, 0.29) is 5.57 Å². The summed E-state index contributed by atoms with van der Waals surface area (Å²) < 4.78 is 9.92. The van der Waals surface area contributed by atoms with Crippen LogP contribution in [0.1, 0.15) is 25.5 Å². The SMILES string of the molecule is CC1(C)OC(=O)C(=CNc2ccc(C(O)C(O)CO)cc2)C(=O)O1. The lowest BCUT2D eigenvalue weighted by Gasteiger charge is -2.29. The fourth-order valence-electron chi connectivity index (χ4n) is 2.03. The molecule has 0 saturated carbocycles. The van der Waals surface area contributed by atoms with Gasteiger partial charge in [-0.1, -0.05) is 12.1 Å². The lowest BCUT2D eigenvalue weighted by atomic mass is 10.0. The molecule has 1 saturated heterocycles. The molecule has 0 spiro atoms. The number of hydrogen-bond acceptors (Lipinski definition) is 8. The van der Waals surface area contributed by atoms with E-state index in [4.69, 9.17) is 14.6 Å². The summed E-state index contributed by atoms with van der Waals surface area (Å²) in [5.74, 6) is -2.87. The summed E-state index contributed by atoms with van der Waals surface area (Å²) in [7, 11) is 0. The quantitative estimate of drug-likeness (QED) is 0.341. The number of aliphatic hydroxyl groups is 3.